The second-order valence-electron chi connectivity index (χ2n) is 6.86. The molecule has 3 rings (SSSR count). The third kappa shape index (κ3) is 4.15. The Hall–Kier alpha value is -1.44. The molecule has 2 saturated heterocycles. The van der Waals surface area contributed by atoms with Gasteiger partial charge in [-0.05, 0) is 25.2 Å². The molecule has 1 aromatic rings. The number of aryl methyl sites for hydroxylation is 1. The van der Waals surface area contributed by atoms with Gasteiger partial charge in [0.25, 0.3) is 5.91 Å². The van der Waals surface area contributed by atoms with Crippen molar-refractivity contribution >= 4 is 5.91 Å². The molecule has 0 unspecified atom stereocenters. The maximum Gasteiger partial charge on any atom is 0.257 e. The molecule has 0 bridgehead atoms. The summed E-state index contributed by atoms with van der Waals surface area (Å²) in [7, 11) is 0. The summed E-state index contributed by atoms with van der Waals surface area (Å²) in [5, 5.41) is 13.8. The molecule has 7 nitrogen and oxygen atoms in total. The highest BCUT2D eigenvalue weighted by Gasteiger charge is 2.31. The van der Waals surface area contributed by atoms with Gasteiger partial charge in [-0.15, -0.1) is 0 Å². The second kappa shape index (κ2) is 8.09. The molecule has 0 spiro atoms. The average Bonchev–Trinajstić information content (AvgIpc) is 3.10. The fourth-order valence-electron chi connectivity index (χ4n) is 3.73. The van der Waals surface area contributed by atoms with Crippen molar-refractivity contribution in [1.82, 2.24) is 19.6 Å². The molecular formula is C17H28N4O3. The maximum atomic E-state index is 12.8. The zero-order chi connectivity index (χ0) is 16.9. The molecule has 1 aromatic heterocycles. The van der Waals surface area contributed by atoms with Gasteiger partial charge < -0.3 is 14.7 Å². The molecule has 1 amide bonds. The third-order valence-corrected chi connectivity index (χ3v) is 4.99. The predicted octanol–water partition coefficient (Wildman–Crippen LogP) is 0.306. The molecule has 2 aliphatic rings. The number of carbonyl (C=O) groups is 1. The summed E-state index contributed by atoms with van der Waals surface area (Å²) in [6.45, 7) is 8.74. The standard InChI is InChI=1S/C17H28N4O3/c1-2-21-12-16(8-18-21)17(23)20-10-14(7-15(11-20)13-22)9-19-3-5-24-6-4-19/h8,12,14-15,22H,2-7,9-11,13H2,1H3/t14-,15+/m1/s1. The van der Waals surface area contributed by atoms with Gasteiger partial charge in [-0.1, -0.05) is 0 Å². The number of aliphatic hydroxyl groups excluding tert-OH is 1. The molecule has 0 saturated carbocycles. The largest absolute Gasteiger partial charge is 0.396 e. The summed E-state index contributed by atoms with van der Waals surface area (Å²) < 4.78 is 7.18. The first kappa shape index (κ1) is 17.4. The number of piperidine rings is 1. The first-order valence-electron chi connectivity index (χ1n) is 8.92. The van der Waals surface area contributed by atoms with Crippen molar-refractivity contribution in [2.24, 2.45) is 11.8 Å². The van der Waals surface area contributed by atoms with E-state index < -0.39 is 0 Å². The van der Waals surface area contributed by atoms with Crippen LogP contribution in [0.25, 0.3) is 0 Å². The lowest BCUT2D eigenvalue weighted by molar-refractivity contribution is 0.0130. The van der Waals surface area contributed by atoms with Gasteiger partial charge in [-0.2, -0.15) is 5.10 Å². The fourth-order valence-corrected chi connectivity index (χ4v) is 3.73. The van der Waals surface area contributed by atoms with Crippen LogP contribution in [0.5, 0.6) is 0 Å². The Morgan fingerprint density at radius 1 is 1.33 bits per heavy atom. The number of aliphatic hydroxyl groups is 1. The van der Waals surface area contributed by atoms with Crippen LogP contribution >= 0.6 is 0 Å². The van der Waals surface area contributed by atoms with Gasteiger partial charge in [0.05, 0.1) is 25.0 Å². The van der Waals surface area contributed by atoms with Crippen molar-refractivity contribution in [2.75, 3.05) is 52.5 Å². The maximum absolute atomic E-state index is 12.8. The minimum Gasteiger partial charge on any atom is -0.396 e. The van der Waals surface area contributed by atoms with E-state index in [4.69, 9.17) is 4.74 Å². The van der Waals surface area contributed by atoms with Gasteiger partial charge in [0.15, 0.2) is 0 Å². The Bertz CT molecular complexity index is 542. The molecule has 2 fully saturated rings. The van der Waals surface area contributed by atoms with Gasteiger partial charge in [0, 0.05) is 52.1 Å². The number of rotatable bonds is 5. The molecular weight excluding hydrogens is 308 g/mol. The number of carbonyl (C=O) groups excluding carboxylic acids is 1. The second-order valence-corrected chi connectivity index (χ2v) is 6.86. The Balaban J connectivity index is 1.64. The van der Waals surface area contributed by atoms with E-state index >= 15 is 0 Å². The average molecular weight is 336 g/mol. The number of hydrogen-bond donors (Lipinski definition) is 1. The van der Waals surface area contributed by atoms with Gasteiger partial charge >= 0.3 is 0 Å². The van der Waals surface area contributed by atoms with E-state index in [0.717, 1.165) is 52.4 Å². The predicted molar refractivity (Wildman–Crippen MR) is 89.7 cm³/mol. The zero-order valence-electron chi connectivity index (χ0n) is 14.4. The fraction of sp³-hybridized carbons (Fsp3) is 0.765. The SMILES string of the molecule is CCn1cc(C(=O)N2C[C@@H](CN3CCOCC3)C[C@H](CO)C2)cn1. The number of amides is 1. The summed E-state index contributed by atoms with van der Waals surface area (Å²) >= 11 is 0. The number of morpholine rings is 1. The number of nitrogens with zero attached hydrogens (tertiary/aromatic N) is 4. The van der Waals surface area contributed by atoms with E-state index in [1.165, 1.54) is 0 Å². The van der Waals surface area contributed by atoms with Gasteiger partial charge in [0.1, 0.15) is 0 Å². The quantitative estimate of drug-likeness (QED) is 0.838. The lowest BCUT2D eigenvalue weighted by Crippen LogP contribution is -2.49. The van der Waals surface area contributed by atoms with Crippen LogP contribution in [-0.2, 0) is 11.3 Å². The van der Waals surface area contributed by atoms with E-state index in [1.54, 1.807) is 10.9 Å². The van der Waals surface area contributed by atoms with Crippen LogP contribution in [0.4, 0.5) is 0 Å². The number of ether oxygens (including phenoxy) is 1. The Morgan fingerprint density at radius 3 is 2.75 bits per heavy atom. The van der Waals surface area contributed by atoms with E-state index in [0.29, 0.717) is 18.0 Å². The lowest BCUT2D eigenvalue weighted by atomic mass is 9.89. The normalized spacial score (nSPS) is 25.8. The minimum absolute atomic E-state index is 0.0276. The number of aromatic nitrogens is 2. The van der Waals surface area contributed by atoms with Crippen LogP contribution < -0.4 is 0 Å². The molecule has 0 aliphatic carbocycles. The highest BCUT2D eigenvalue weighted by Crippen LogP contribution is 2.24. The summed E-state index contributed by atoms with van der Waals surface area (Å²) in [5.41, 5.74) is 0.639. The molecule has 3 heterocycles. The van der Waals surface area contributed by atoms with Crippen molar-refractivity contribution < 1.29 is 14.6 Å². The van der Waals surface area contributed by atoms with Crippen LogP contribution in [0.1, 0.15) is 23.7 Å². The lowest BCUT2D eigenvalue weighted by Gasteiger charge is -2.39. The number of hydrogen-bond acceptors (Lipinski definition) is 5. The monoisotopic (exact) mass is 336 g/mol. The first-order chi connectivity index (χ1) is 11.7. The highest BCUT2D eigenvalue weighted by atomic mass is 16.5. The van der Waals surface area contributed by atoms with E-state index in [9.17, 15) is 9.90 Å². The van der Waals surface area contributed by atoms with Gasteiger partial charge in [0.2, 0.25) is 0 Å². The van der Waals surface area contributed by atoms with Crippen LogP contribution in [0, 0.1) is 11.8 Å². The van der Waals surface area contributed by atoms with Crippen molar-refractivity contribution in [2.45, 2.75) is 19.9 Å². The molecule has 1 N–H and O–H groups in total. The molecule has 0 aromatic carbocycles. The number of likely N-dealkylation sites (tertiary alicyclic amines) is 1. The molecule has 134 valence electrons. The van der Waals surface area contributed by atoms with Crippen LogP contribution in [0.2, 0.25) is 0 Å². The van der Waals surface area contributed by atoms with E-state index in [1.807, 2.05) is 18.0 Å². The molecule has 7 heteroatoms. The van der Waals surface area contributed by atoms with Crippen molar-refractivity contribution in [3.05, 3.63) is 18.0 Å². The molecule has 0 radical (unpaired) electrons. The molecule has 2 aliphatic heterocycles. The first-order valence-corrected chi connectivity index (χ1v) is 8.92. The van der Waals surface area contributed by atoms with Crippen LogP contribution in [0.3, 0.4) is 0 Å². The minimum atomic E-state index is 0.0276. The Morgan fingerprint density at radius 2 is 2.08 bits per heavy atom. The van der Waals surface area contributed by atoms with Crippen molar-refractivity contribution in [3.63, 3.8) is 0 Å². The van der Waals surface area contributed by atoms with E-state index in [2.05, 4.69) is 10.00 Å². The Kier molecular flexibility index (Phi) is 5.86. The van der Waals surface area contributed by atoms with Crippen molar-refractivity contribution in [1.29, 1.82) is 0 Å². The summed E-state index contributed by atoms with van der Waals surface area (Å²) in [6, 6.07) is 0. The molecule has 2 atom stereocenters. The Labute approximate surface area is 143 Å². The van der Waals surface area contributed by atoms with E-state index in [-0.39, 0.29) is 18.4 Å². The third-order valence-electron chi connectivity index (χ3n) is 4.99. The zero-order valence-corrected chi connectivity index (χ0v) is 14.4. The smallest absolute Gasteiger partial charge is 0.257 e. The van der Waals surface area contributed by atoms with Crippen molar-refractivity contribution in [3.8, 4) is 0 Å². The van der Waals surface area contributed by atoms with Crippen LogP contribution in [-0.4, -0.2) is 83.1 Å². The summed E-state index contributed by atoms with van der Waals surface area (Å²) in [6.07, 6.45) is 4.43. The summed E-state index contributed by atoms with van der Waals surface area (Å²) in [5.74, 6) is 0.592. The molecule has 24 heavy (non-hydrogen) atoms. The van der Waals surface area contributed by atoms with Gasteiger partial charge in [-0.3, -0.25) is 14.4 Å². The summed E-state index contributed by atoms with van der Waals surface area (Å²) in [4.78, 5) is 17.1. The van der Waals surface area contributed by atoms with Crippen LogP contribution in [0.15, 0.2) is 12.4 Å². The topological polar surface area (TPSA) is 70.8 Å². The van der Waals surface area contributed by atoms with Gasteiger partial charge in [-0.25, -0.2) is 0 Å². The highest BCUT2D eigenvalue weighted by molar-refractivity contribution is 5.93.